The summed E-state index contributed by atoms with van der Waals surface area (Å²) < 4.78 is 0. The van der Waals surface area contributed by atoms with Gasteiger partial charge in [0.1, 0.15) is 0 Å². The molecule has 0 N–H and O–H groups in total. The van der Waals surface area contributed by atoms with Gasteiger partial charge in [0.2, 0.25) is 0 Å². The molecular formula is C15H23NOS. The smallest absolute Gasteiger partial charge is 0.172 e. The van der Waals surface area contributed by atoms with Crippen LogP contribution in [-0.4, -0.2) is 29.8 Å². The monoisotopic (exact) mass is 265 g/mol. The Morgan fingerprint density at radius 3 is 2.83 bits per heavy atom. The van der Waals surface area contributed by atoms with Gasteiger partial charge in [0, 0.05) is 19.0 Å². The number of carbonyl (C=O) groups excluding carboxylic acids is 1. The van der Waals surface area contributed by atoms with Crippen molar-refractivity contribution in [2.24, 2.45) is 5.92 Å². The Labute approximate surface area is 114 Å². The number of rotatable bonds is 8. The lowest BCUT2D eigenvalue weighted by molar-refractivity contribution is 0.0975. The van der Waals surface area contributed by atoms with Gasteiger partial charge in [0.25, 0.3) is 0 Å². The minimum Gasteiger partial charge on any atom is -0.301 e. The van der Waals surface area contributed by atoms with Crippen molar-refractivity contribution in [3.8, 4) is 0 Å². The third kappa shape index (κ3) is 4.21. The molecule has 1 fully saturated rings. The zero-order valence-electron chi connectivity index (χ0n) is 11.4. The lowest BCUT2D eigenvalue weighted by atomic mass is 10.1. The summed E-state index contributed by atoms with van der Waals surface area (Å²) in [7, 11) is 0. The molecule has 1 aromatic heterocycles. The van der Waals surface area contributed by atoms with E-state index in [9.17, 15) is 4.79 Å². The molecule has 1 heterocycles. The van der Waals surface area contributed by atoms with Crippen molar-refractivity contribution in [3.63, 3.8) is 0 Å². The normalized spacial score (nSPS) is 15.6. The van der Waals surface area contributed by atoms with Gasteiger partial charge in [-0.15, -0.1) is 11.3 Å². The number of Topliss-reactive ketones (excluding diaryl/α,β-unsaturated/α-hetero) is 1. The summed E-state index contributed by atoms with van der Waals surface area (Å²) in [5, 5.41) is 1.97. The van der Waals surface area contributed by atoms with Crippen molar-refractivity contribution in [2.75, 3.05) is 13.1 Å². The van der Waals surface area contributed by atoms with Gasteiger partial charge in [-0.1, -0.05) is 6.07 Å². The fourth-order valence-corrected chi connectivity index (χ4v) is 2.89. The van der Waals surface area contributed by atoms with Crippen molar-refractivity contribution < 1.29 is 4.79 Å². The maximum Gasteiger partial charge on any atom is 0.172 e. The van der Waals surface area contributed by atoms with Crippen LogP contribution in [-0.2, 0) is 0 Å². The molecule has 0 unspecified atom stereocenters. The molecule has 1 saturated carbocycles. The predicted octanol–water partition coefficient (Wildman–Crippen LogP) is 3.83. The number of carbonyl (C=O) groups is 1. The van der Waals surface area contributed by atoms with Gasteiger partial charge in [0.05, 0.1) is 4.88 Å². The number of hydrogen-bond acceptors (Lipinski definition) is 3. The van der Waals surface area contributed by atoms with E-state index in [4.69, 9.17) is 0 Å². The van der Waals surface area contributed by atoms with E-state index in [1.54, 1.807) is 11.3 Å². The van der Waals surface area contributed by atoms with E-state index < -0.39 is 0 Å². The average Bonchev–Trinajstić information content (AvgIpc) is 2.98. The summed E-state index contributed by atoms with van der Waals surface area (Å²) >= 11 is 1.55. The summed E-state index contributed by atoms with van der Waals surface area (Å²) in [5.41, 5.74) is 0. The molecule has 2 nitrogen and oxygen atoms in total. The second-order valence-corrected chi connectivity index (χ2v) is 6.48. The van der Waals surface area contributed by atoms with Crippen LogP contribution < -0.4 is 0 Å². The first-order valence-electron chi connectivity index (χ1n) is 6.97. The highest BCUT2D eigenvalue weighted by Crippen LogP contribution is 2.30. The fraction of sp³-hybridized carbons (Fsp3) is 0.667. The quantitative estimate of drug-likeness (QED) is 0.666. The van der Waals surface area contributed by atoms with E-state index in [1.807, 2.05) is 17.5 Å². The summed E-state index contributed by atoms with van der Waals surface area (Å²) in [4.78, 5) is 15.3. The highest BCUT2D eigenvalue weighted by molar-refractivity contribution is 7.12. The Kier molecular flexibility index (Phi) is 4.95. The molecule has 0 atom stereocenters. The van der Waals surface area contributed by atoms with Crippen LogP contribution in [0.5, 0.6) is 0 Å². The van der Waals surface area contributed by atoms with Crippen LogP contribution in [0.1, 0.15) is 49.2 Å². The van der Waals surface area contributed by atoms with Gasteiger partial charge in [-0.3, -0.25) is 4.79 Å². The molecule has 0 spiro atoms. The Morgan fingerprint density at radius 1 is 1.50 bits per heavy atom. The molecule has 2 rings (SSSR count). The fourth-order valence-electron chi connectivity index (χ4n) is 2.20. The first-order chi connectivity index (χ1) is 8.66. The van der Waals surface area contributed by atoms with Crippen molar-refractivity contribution in [2.45, 2.75) is 45.6 Å². The molecule has 1 aliphatic carbocycles. The standard InChI is InChI=1S/C15H23NOS/c1-12(2)16(11-13-7-8-13)9-3-5-14(17)15-6-4-10-18-15/h4,6,10,12-13H,3,5,7-9,11H2,1-2H3. The zero-order chi connectivity index (χ0) is 13.0. The molecule has 3 heteroatoms. The predicted molar refractivity (Wildman–Crippen MR) is 77.3 cm³/mol. The molecule has 0 amide bonds. The van der Waals surface area contributed by atoms with E-state index >= 15 is 0 Å². The first-order valence-corrected chi connectivity index (χ1v) is 7.85. The van der Waals surface area contributed by atoms with Gasteiger partial charge in [-0.2, -0.15) is 0 Å². The second kappa shape index (κ2) is 6.48. The van der Waals surface area contributed by atoms with Gasteiger partial charge in [0.15, 0.2) is 5.78 Å². The molecule has 0 aromatic carbocycles. The van der Waals surface area contributed by atoms with Crippen LogP contribution in [0.15, 0.2) is 17.5 Å². The van der Waals surface area contributed by atoms with Crippen molar-refractivity contribution >= 4 is 17.1 Å². The lowest BCUT2D eigenvalue weighted by Gasteiger charge is -2.26. The topological polar surface area (TPSA) is 20.3 Å². The van der Waals surface area contributed by atoms with Crippen LogP contribution in [0.3, 0.4) is 0 Å². The zero-order valence-corrected chi connectivity index (χ0v) is 12.2. The van der Waals surface area contributed by atoms with E-state index in [1.165, 1.54) is 19.4 Å². The average molecular weight is 265 g/mol. The molecule has 18 heavy (non-hydrogen) atoms. The maximum atomic E-state index is 11.9. The van der Waals surface area contributed by atoms with E-state index in [-0.39, 0.29) is 0 Å². The molecule has 1 aliphatic rings. The van der Waals surface area contributed by atoms with Crippen LogP contribution in [0.25, 0.3) is 0 Å². The molecule has 100 valence electrons. The van der Waals surface area contributed by atoms with Crippen LogP contribution in [0, 0.1) is 5.92 Å². The third-order valence-corrected chi connectivity index (χ3v) is 4.48. The Hall–Kier alpha value is -0.670. The Bertz CT molecular complexity index is 368. The van der Waals surface area contributed by atoms with E-state index in [2.05, 4.69) is 18.7 Å². The molecule has 1 aromatic rings. The second-order valence-electron chi connectivity index (χ2n) is 5.54. The highest BCUT2D eigenvalue weighted by atomic mass is 32.1. The third-order valence-electron chi connectivity index (χ3n) is 3.57. The Balaban J connectivity index is 1.70. The summed E-state index contributed by atoms with van der Waals surface area (Å²) in [5.74, 6) is 1.24. The number of thiophene rings is 1. The maximum absolute atomic E-state index is 11.9. The van der Waals surface area contributed by atoms with Crippen molar-refractivity contribution in [1.29, 1.82) is 0 Å². The number of hydrogen-bond donors (Lipinski definition) is 0. The largest absolute Gasteiger partial charge is 0.301 e. The number of ketones is 1. The van der Waals surface area contributed by atoms with Crippen molar-refractivity contribution in [1.82, 2.24) is 4.90 Å². The Morgan fingerprint density at radius 2 is 2.28 bits per heavy atom. The molecule has 0 radical (unpaired) electrons. The van der Waals surface area contributed by atoms with E-state index in [0.717, 1.165) is 23.8 Å². The lowest BCUT2D eigenvalue weighted by Crippen LogP contribution is -2.33. The minimum atomic E-state index is 0.306. The van der Waals surface area contributed by atoms with Gasteiger partial charge >= 0.3 is 0 Å². The first kappa shape index (κ1) is 13.8. The highest BCUT2D eigenvalue weighted by Gasteiger charge is 2.25. The van der Waals surface area contributed by atoms with Crippen LogP contribution in [0.4, 0.5) is 0 Å². The SMILES string of the molecule is CC(C)N(CCCC(=O)c1cccs1)CC1CC1. The van der Waals surface area contributed by atoms with Crippen molar-refractivity contribution in [3.05, 3.63) is 22.4 Å². The molecular weight excluding hydrogens is 242 g/mol. The number of nitrogens with zero attached hydrogens (tertiary/aromatic N) is 1. The summed E-state index contributed by atoms with van der Waals surface area (Å²) in [6.45, 7) is 6.79. The molecule has 0 aliphatic heterocycles. The molecule has 0 saturated heterocycles. The minimum absolute atomic E-state index is 0.306. The van der Waals surface area contributed by atoms with Gasteiger partial charge in [-0.05, 0) is 57.0 Å². The summed E-state index contributed by atoms with van der Waals surface area (Å²) in [6, 6.07) is 4.48. The van der Waals surface area contributed by atoms with E-state index in [0.29, 0.717) is 18.2 Å². The van der Waals surface area contributed by atoms with Gasteiger partial charge < -0.3 is 4.90 Å². The van der Waals surface area contributed by atoms with Gasteiger partial charge in [-0.25, -0.2) is 0 Å². The van der Waals surface area contributed by atoms with Crippen LogP contribution >= 0.6 is 11.3 Å². The molecule has 0 bridgehead atoms. The summed E-state index contributed by atoms with van der Waals surface area (Å²) in [6.07, 6.45) is 4.48. The van der Waals surface area contributed by atoms with Crippen LogP contribution in [0.2, 0.25) is 0 Å².